The van der Waals surface area contributed by atoms with Crippen LogP contribution in [0, 0.1) is 10.1 Å². The summed E-state index contributed by atoms with van der Waals surface area (Å²) in [5.41, 5.74) is 1.22. The molecule has 0 fully saturated rings. The molecule has 1 aliphatic rings. The van der Waals surface area contributed by atoms with Crippen molar-refractivity contribution in [2.24, 2.45) is 0 Å². The summed E-state index contributed by atoms with van der Waals surface area (Å²) in [6.45, 7) is 0. The van der Waals surface area contributed by atoms with Gasteiger partial charge >= 0.3 is 5.69 Å². The average molecular weight is 260 g/mol. The van der Waals surface area contributed by atoms with Crippen LogP contribution >= 0.6 is 0 Å². The van der Waals surface area contributed by atoms with Crippen LogP contribution in [0.1, 0.15) is 19.3 Å². The van der Waals surface area contributed by atoms with Gasteiger partial charge in [-0.3, -0.25) is 10.1 Å². The van der Waals surface area contributed by atoms with E-state index in [1.54, 1.807) is 6.07 Å². The largest absolute Gasteiger partial charge is 0.380 e. The molecule has 1 aromatic carbocycles. The molecule has 0 amide bonds. The van der Waals surface area contributed by atoms with E-state index in [0.717, 1.165) is 24.9 Å². The topological polar surface area (TPSA) is 94.1 Å². The van der Waals surface area contributed by atoms with Crippen molar-refractivity contribution in [1.82, 2.24) is 10.3 Å². The summed E-state index contributed by atoms with van der Waals surface area (Å²) in [4.78, 5) is 10.4. The Morgan fingerprint density at radius 3 is 2.89 bits per heavy atom. The molecule has 0 spiro atoms. The lowest BCUT2D eigenvalue weighted by molar-refractivity contribution is -0.383. The fourth-order valence-electron chi connectivity index (χ4n) is 2.26. The molecule has 0 radical (unpaired) electrons. The van der Waals surface area contributed by atoms with Crippen LogP contribution in [0.15, 0.2) is 28.9 Å². The number of benzene rings is 1. The van der Waals surface area contributed by atoms with E-state index in [1.165, 1.54) is 6.07 Å². The van der Waals surface area contributed by atoms with Crippen molar-refractivity contribution < 1.29 is 9.55 Å². The zero-order valence-corrected chi connectivity index (χ0v) is 10.1. The van der Waals surface area contributed by atoms with Crippen molar-refractivity contribution in [3.8, 4) is 0 Å². The molecule has 3 rings (SSSR count). The number of rotatable bonds is 3. The predicted molar refractivity (Wildman–Crippen MR) is 68.9 cm³/mol. The van der Waals surface area contributed by atoms with E-state index in [4.69, 9.17) is 0 Å². The van der Waals surface area contributed by atoms with Crippen LogP contribution < -0.4 is 5.32 Å². The third kappa shape index (κ3) is 2.14. The first kappa shape index (κ1) is 11.6. The minimum absolute atomic E-state index is 0.0923. The number of allylic oxidation sites excluding steroid dienone is 1. The van der Waals surface area contributed by atoms with Crippen LogP contribution in [0.3, 0.4) is 0 Å². The quantitative estimate of drug-likeness (QED) is 0.518. The van der Waals surface area contributed by atoms with Gasteiger partial charge in [-0.25, -0.2) is 4.63 Å². The van der Waals surface area contributed by atoms with Gasteiger partial charge in [0, 0.05) is 12.1 Å². The molecule has 2 aromatic rings. The Labute approximate surface area is 108 Å². The molecule has 0 aliphatic heterocycles. The number of nitro groups is 1. The Morgan fingerprint density at radius 1 is 1.32 bits per heavy atom. The van der Waals surface area contributed by atoms with Crippen LogP contribution in [-0.2, 0) is 0 Å². The lowest BCUT2D eigenvalue weighted by atomic mass is 10.0. The molecular weight excluding hydrogens is 248 g/mol. The fraction of sp³-hybridized carbons (Fsp3) is 0.333. The molecule has 0 saturated carbocycles. The molecule has 19 heavy (non-hydrogen) atoms. The Morgan fingerprint density at radius 2 is 2.16 bits per heavy atom. The van der Waals surface area contributed by atoms with Gasteiger partial charge in [0.1, 0.15) is 0 Å². The van der Waals surface area contributed by atoms with Gasteiger partial charge < -0.3 is 5.32 Å². The molecular formula is C12H12N4O3. The molecule has 1 heterocycles. The van der Waals surface area contributed by atoms with Gasteiger partial charge in [-0.05, 0) is 35.6 Å². The molecule has 1 N–H and O–H groups in total. The highest BCUT2D eigenvalue weighted by atomic mass is 16.6. The van der Waals surface area contributed by atoms with Gasteiger partial charge in [0.15, 0.2) is 5.52 Å². The fourth-order valence-corrected chi connectivity index (χ4v) is 2.26. The summed E-state index contributed by atoms with van der Waals surface area (Å²) >= 11 is 0. The lowest BCUT2D eigenvalue weighted by Gasteiger charge is -2.20. The van der Waals surface area contributed by atoms with Gasteiger partial charge in [-0.1, -0.05) is 12.2 Å². The second-order valence-corrected chi connectivity index (χ2v) is 4.48. The lowest BCUT2D eigenvalue weighted by Crippen LogP contribution is -2.20. The molecule has 0 saturated heterocycles. The monoisotopic (exact) mass is 260 g/mol. The van der Waals surface area contributed by atoms with Crippen molar-refractivity contribution >= 4 is 22.4 Å². The summed E-state index contributed by atoms with van der Waals surface area (Å²) in [6.07, 6.45) is 7.28. The highest BCUT2D eigenvalue weighted by molar-refractivity contribution is 5.93. The Bertz CT molecular complexity index is 649. The van der Waals surface area contributed by atoms with Crippen molar-refractivity contribution in [3.05, 3.63) is 34.4 Å². The molecule has 1 unspecified atom stereocenters. The van der Waals surface area contributed by atoms with Crippen LogP contribution in [0.2, 0.25) is 0 Å². The molecule has 0 bridgehead atoms. The summed E-state index contributed by atoms with van der Waals surface area (Å²) < 4.78 is 4.63. The number of hydrogen-bond donors (Lipinski definition) is 1. The molecule has 1 aromatic heterocycles. The van der Waals surface area contributed by atoms with Crippen LogP contribution in [0.25, 0.3) is 11.0 Å². The molecule has 7 nitrogen and oxygen atoms in total. The van der Waals surface area contributed by atoms with Gasteiger partial charge in [0.05, 0.1) is 10.6 Å². The van der Waals surface area contributed by atoms with E-state index in [-0.39, 0.29) is 11.2 Å². The maximum atomic E-state index is 10.9. The van der Waals surface area contributed by atoms with E-state index in [1.807, 2.05) is 0 Å². The number of hydrogen-bond acceptors (Lipinski definition) is 6. The standard InChI is InChI=1S/C12H12N4O3/c17-16(18)10-7-6-9(11-12(10)15-19-14-11)13-8-4-2-1-3-5-8/h1-2,6-8,13H,3-5H2. The molecule has 98 valence electrons. The van der Waals surface area contributed by atoms with Crippen molar-refractivity contribution in [2.75, 3.05) is 5.32 Å². The van der Waals surface area contributed by atoms with Crippen molar-refractivity contribution in [2.45, 2.75) is 25.3 Å². The van der Waals surface area contributed by atoms with Gasteiger partial charge in [0.25, 0.3) is 0 Å². The normalized spacial score (nSPS) is 18.6. The minimum atomic E-state index is -0.486. The average Bonchev–Trinajstić information content (AvgIpc) is 2.89. The Balaban J connectivity index is 1.96. The van der Waals surface area contributed by atoms with E-state index in [0.29, 0.717) is 11.6 Å². The first-order chi connectivity index (χ1) is 9.25. The molecule has 1 atom stereocenters. The van der Waals surface area contributed by atoms with Gasteiger partial charge in [0.2, 0.25) is 5.52 Å². The van der Waals surface area contributed by atoms with Gasteiger partial charge in [-0.2, -0.15) is 0 Å². The van der Waals surface area contributed by atoms with E-state index < -0.39 is 4.92 Å². The van der Waals surface area contributed by atoms with Crippen molar-refractivity contribution in [1.29, 1.82) is 0 Å². The smallest absolute Gasteiger partial charge is 0.300 e. The van der Waals surface area contributed by atoms with Crippen LogP contribution in [0.5, 0.6) is 0 Å². The number of fused-ring (bicyclic) bond motifs is 1. The van der Waals surface area contributed by atoms with Crippen LogP contribution in [-0.4, -0.2) is 21.3 Å². The predicted octanol–water partition coefficient (Wildman–Crippen LogP) is 2.65. The summed E-state index contributed by atoms with van der Waals surface area (Å²) in [5, 5.41) is 21.6. The number of nitro benzene ring substituents is 1. The first-order valence-electron chi connectivity index (χ1n) is 6.07. The summed E-state index contributed by atoms with van der Waals surface area (Å²) in [6, 6.07) is 3.39. The number of nitrogens with zero attached hydrogens (tertiary/aromatic N) is 3. The molecule has 7 heteroatoms. The zero-order valence-electron chi connectivity index (χ0n) is 10.1. The summed E-state index contributed by atoms with van der Waals surface area (Å²) in [7, 11) is 0. The second-order valence-electron chi connectivity index (χ2n) is 4.48. The second kappa shape index (κ2) is 4.68. The first-order valence-corrected chi connectivity index (χ1v) is 6.07. The summed E-state index contributed by atoms with van der Waals surface area (Å²) in [5.74, 6) is 0. The van der Waals surface area contributed by atoms with E-state index in [2.05, 4.69) is 32.4 Å². The third-order valence-corrected chi connectivity index (χ3v) is 3.22. The number of nitrogens with one attached hydrogen (secondary N) is 1. The van der Waals surface area contributed by atoms with E-state index in [9.17, 15) is 10.1 Å². The maximum absolute atomic E-state index is 10.9. The maximum Gasteiger partial charge on any atom is 0.300 e. The number of aromatic nitrogens is 2. The SMILES string of the molecule is O=[N+]([O-])c1ccc(NC2CC=CCC2)c2nonc12. The Hall–Kier alpha value is -2.44. The number of non-ortho nitro benzene ring substituents is 1. The van der Waals surface area contributed by atoms with Crippen LogP contribution in [0.4, 0.5) is 11.4 Å². The Kier molecular flexibility index (Phi) is 2.86. The van der Waals surface area contributed by atoms with Crippen molar-refractivity contribution in [3.63, 3.8) is 0 Å². The number of anilines is 1. The third-order valence-electron chi connectivity index (χ3n) is 3.22. The molecule has 1 aliphatic carbocycles. The van der Waals surface area contributed by atoms with Gasteiger partial charge in [-0.15, -0.1) is 0 Å². The van der Waals surface area contributed by atoms with E-state index >= 15 is 0 Å². The highest BCUT2D eigenvalue weighted by Gasteiger charge is 2.21. The highest BCUT2D eigenvalue weighted by Crippen LogP contribution is 2.30. The zero-order chi connectivity index (χ0) is 13.2. The minimum Gasteiger partial charge on any atom is -0.380 e.